The minimum absolute atomic E-state index is 0.796. The van der Waals surface area contributed by atoms with Gasteiger partial charge >= 0.3 is 6.18 Å². The van der Waals surface area contributed by atoms with Gasteiger partial charge in [-0.3, -0.25) is 0 Å². The van der Waals surface area contributed by atoms with Gasteiger partial charge in [0, 0.05) is 0 Å². The third-order valence-electron chi connectivity index (χ3n) is 1.69. The first kappa shape index (κ1) is 10.8. The standard InChI is InChI=1S/C8H7F4NO/c9-4-2-1-3-5(14)6(4)7(13)8(10,11)12/h1-3,7,14H,13H2/t7-/m1/s1. The Morgan fingerprint density at radius 1 is 1.29 bits per heavy atom. The fraction of sp³-hybridized carbons (Fsp3) is 0.250. The average molecular weight is 209 g/mol. The molecule has 0 aliphatic heterocycles. The summed E-state index contributed by atoms with van der Waals surface area (Å²) in [5.74, 6) is -1.97. The molecule has 0 radical (unpaired) electrons. The number of alkyl halides is 3. The molecule has 78 valence electrons. The van der Waals surface area contributed by atoms with E-state index in [-0.39, 0.29) is 0 Å². The fourth-order valence-corrected chi connectivity index (χ4v) is 0.997. The number of benzene rings is 1. The highest BCUT2D eigenvalue weighted by Crippen LogP contribution is 2.36. The summed E-state index contributed by atoms with van der Waals surface area (Å²) in [6.07, 6.45) is -4.78. The van der Waals surface area contributed by atoms with E-state index in [1.54, 1.807) is 0 Å². The van der Waals surface area contributed by atoms with Gasteiger partial charge in [-0.1, -0.05) is 6.07 Å². The largest absolute Gasteiger partial charge is 0.507 e. The van der Waals surface area contributed by atoms with E-state index in [0.29, 0.717) is 0 Å². The topological polar surface area (TPSA) is 46.2 Å². The van der Waals surface area contributed by atoms with Gasteiger partial charge in [0.05, 0.1) is 5.56 Å². The lowest BCUT2D eigenvalue weighted by molar-refractivity contribution is -0.150. The molecule has 0 amide bonds. The number of phenols is 1. The third-order valence-corrected chi connectivity index (χ3v) is 1.69. The van der Waals surface area contributed by atoms with Crippen molar-refractivity contribution in [1.82, 2.24) is 0 Å². The summed E-state index contributed by atoms with van der Waals surface area (Å²) in [6, 6.07) is 0.339. The van der Waals surface area contributed by atoms with E-state index in [4.69, 9.17) is 10.8 Å². The van der Waals surface area contributed by atoms with E-state index in [0.717, 1.165) is 18.2 Å². The maximum Gasteiger partial charge on any atom is 0.407 e. The first-order valence-corrected chi connectivity index (χ1v) is 3.63. The molecular formula is C8H7F4NO. The molecule has 1 aromatic rings. The summed E-state index contributed by atoms with van der Waals surface area (Å²) >= 11 is 0. The van der Waals surface area contributed by atoms with Crippen molar-refractivity contribution >= 4 is 0 Å². The van der Waals surface area contributed by atoms with Gasteiger partial charge < -0.3 is 10.8 Å². The molecule has 0 aliphatic rings. The Bertz CT molecular complexity index is 316. The minimum Gasteiger partial charge on any atom is -0.507 e. The molecular weight excluding hydrogens is 202 g/mol. The molecule has 0 fully saturated rings. The van der Waals surface area contributed by atoms with Crippen LogP contribution in [0, 0.1) is 5.82 Å². The van der Waals surface area contributed by atoms with E-state index >= 15 is 0 Å². The summed E-state index contributed by atoms with van der Waals surface area (Å²) < 4.78 is 49.2. The molecule has 0 spiro atoms. The van der Waals surface area contributed by atoms with Crippen LogP contribution in [0.15, 0.2) is 18.2 Å². The van der Waals surface area contributed by atoms with Crippen molar-refractivity contribution in [2.75, 3.05) is 0 Å². The summed E-state index contributed by atoms with van der Waals surface area (Å²) in [4.78, 5) is 0. The van der Waals surface area contributed by atoms with E-state index in [2.05, 4.69) is 0 Å². The monoisotopic (exact) mass is 209 g/mol. The zero-order chi connectivity index (χ0) is 10.9. The maximum absolute atomic E-state index is 12.9. The molecule has 0 saturated carbocycles. The van der Waals surface area contributed by atoms with Gasteiger partial charge in [-0.15, -0.1) is 0 Å². The SMILES string of the molecule is N[C@H](c1c(O)cccc1F)C(F)(F)F. The fourth-order valence-electron chi connectivity index (χ4n) is 0.997. The summed E-state index contributed by atoms with van der Waals surface area (Å²) in [7, 11) is 0. The lowest BCUT2D eigenvalue weighted by Crippen LogP contribution is -2.29. The van der Waals surface area contributed by atoms with Gasteiger partial charge in [-0.25, -0.2) is 4.39 Å². The molecule has 0 bridgehead atoms. The van der Waals surface area contributed by atoms with Gasteiger partial charge in [0.1, 0.15) is 17.6 Å². The summed E-state index contributed by atoms with van der Waals surface area (Å²) in [5, 5.41) is 9.01. The molecule has 1 aromatic carbocycles. The van der Waals surface area contributed by atoms with Gasteiger partial charge in [-0.05, 0) is 12.1 Å². The number of aromatic hydroxyl groups is 1. The van der Waals surface area contributed by atoms with Crippen LogP contribution in [0.5, 0.6) is 5.75 Å². The average Bonchev–Trinajstić information content (AvgIpc) is 2.01. The highest BCUT2D eigenvalue weighted by molar-refractivity contribution is 5.36. The Balaban J connectivity index is 3.19. The van der Waals surface area contributed by atoms with Crippen LogP contribution in [0.1, 0.15) is 11.6 Å². The second-order valence-corrected chi connectivity index (χ2v) is 2.69. The summed E-state index contributed by atoms with van der Waals surface area (Å²) in [5.41, 5.74) is 3.82. The lowest BCUT2D eigenvalue weighted by Gasteiger charge is -2.17. The van der Waals surface area contributed by atoms with Crippen molar-refractivity contribution in [2.45, 2.75) is 12.2 Å². The zero-order valence-corrected chi connectivity index (χ0v) is 6.85. The molecule has 1 rings (SSSR count). The molecule has 0 unspecified atom stereocenters. The van der Waals surface area contributed by atoms with E-state index in [1.165, 1.54) is 0 Å². The smallest absolute Gasteiger partial charge is 0.407 e. The second kappa shape index (κ2) is 3.45. The van der Waals surface area contributed by atoms with Crippen LogP contribution in [-0.2, 0) is 0 Å². The van der Waals surface area contributed by atoms with Crippen LogP contribution in [0.25, 0.3) is 0 Å². The van der Waals surface area contributed by atoms with E-state index < -0.39 is 29.3 Å². The Labute approximate surface area is 77.0 Å². The predicted molar refractivity (Wildman–Crippen MR) is 41.0 cm³/mol. The van der Waals surface area contributed by atoms with Crippen LogP contribution in [0.2, 0.25) is 0 Å². The summed E-state index contributed by atoms with van der Waals surface area (Å²) in [6.45, 7) is 0. The highest BCUT2D eigenvalue weighted by atomic mass is 19.4. The van der Waals surface area contributed by atoms with Crippen molar-refractivity contribution < 1.29 is 22.7 Å². The van der Waals surface area contributed by atoms with Gasteiger partial charge in [-0.2, -0.15) is 13.2 Å². The molecule has 0 saturated heterocycles. The molecule has 3 N–H and O–H groups in total. The number of halogens is 4. The first-order chi connectivity index (χ1) is 6.34. The zero-order valence-electron chi connectivity index (χ0n) is 6.85. The minimum atomic E-state index is -4.78. The molecule has 14 heavy (non-hydrogen) atoms. The molecule has 0 heterocycles. The molecule has 0 aliphatic carbocycles. The van der Waals surface area contributed by atoms with Crippen molar-refractivity contribution in [2.24, 2.45) is 5.73 Å². The van der Waals surface area contributed by atoms with Gasteiger partial charge in [0.25, 0.3) is 0 Å². The molecule has 0 aromatic heterocycles. The van der Waals surface area contributed by atoms with Crippen LogP contribution in [0.3, 0.4) is 0 Å². The van der Waals surface area contributed by atoms with Crippen molar-refractivity contribution in [1.29, 1.82) is 0 Å². The van der Waals surface area contributed by atoms with Crippen LogP contribution < -0.4 is 5.73 Å². The third kappa shape index (κ3) is 1.95. The number of hydrogen-bond donors (Lipinski definition) is 2. The normalized spacial score (nSPS) is 14.1. The maximum atomic E-state index is 12.9. The van der Waals surface area contributed by atoms with Crippen LogP contribution in [-0.4, -0.2) is 11.3 Å². The van der Waals surface area contributed by atoms with Crippen LogP contribution >= 0.6 is 0 Å². The van der Waals surface area contributed by atoms with Crippen LogP contribution in [0.4, 0.5) is 17.6 Å². The lowest BCUT2D eigenvalue weighted by atomic mass is 10.1. The van der Waals surface area contributed by atoms with E-state index in [9.17, 15) is 17.6 Å². The van der Waals surface area contributed by atoms with Crippen molar-refractivity contribution in [3.05, 3.63) is 29.6 Å². The Kier molecular flexibility index (Phi) is 2.66. The van der Waals surface area contributed by atoms with Crippen molar-refractivity contribution in [3.8, 4) is 5.75 Å². The van der Waals surface area contributed by atoms with Gasteiger partial charge in [0.15, 0.2) is 0 Å². The predicted octanol–water partition coefficient (Wildman–Crippen LogP) is 2.09. The van der Waals surface area contributed by atoms with Gasteiger partial charge in [0.2, 0.25) is 0 Å². The van der Waals surface area contributed by atoms with E-state index in [1.807, 2.05) is 0 Å². The molecule has 1 atom stereocenters. The number of nitrogens with two attached hydrogens (primary N) is 1. The number of rotatable bonds is 1. The Morgan fingerprint density at radius 2 is 1.86 bits per heavy atom. The van der Waals surface area contributed by atoms with Crippen molar-refractivity contribution in [3.63, 3.8) is 0 Å². The molecule has 2 nitrogen and oxygen atoms in total. The highest BCUT2D eigenvalue weighted by Gasteiger charge is 2.40. The quantitative estimate of drug-likeness (QED) is 0.695. The molecule has 6 heteroatoms. The first-order valence-electron chi connectivity index (χ1n) is 3.63. The number of hydrogen-bond acceptors (Lipinski definition) is 2. The number of phenolic OH excluding ortho intramolecular Hbond substituents is 1. The second-order valence-electron chi connectivity index (χ2n) is 2.69. The Morgan fingerprint density at radius 3 is 2.29 bits per heavy atom. The Hall–Kier alpha value is -1.30.